The Balaban J connectivity index is 1.37. The predicted molar refractivity (Wildman–Crippen MR) is 137 cm³/mol. The summed E-state index contributed by atoms with van der Waals surface area (Å²) in [5.41, 5.74) is 6.23. The van der Waals surface area contributed by atoms with Crippen molar-refractivity contribution in [2.24, 2.45) is 20.2 Å². The van der Waals surface area contributed by atoms with E-state index in [9.17, 15) is 10.2 Å². The summed E-state index contributed by atoms with van der Waals surface area (Å²) < 4.78 is 0. The standard InChI is InChI=1S/C28H24N4O2/c1-19-3-5-21(27(33)15-19)17-29-23-7-11-25(12-8-23)31-32-26-13-9-24(10-14-26)30-18-22-6-4-20(2)16-28(22)34/h3-18,33-34H,1-2H3. The smallest absolute Gasteiger partial charge is 0.124 e. The SMILES string of the molecule is Cc1ccc(C=Nc2ccc(N=Nc3ccc(N=Cc4ccc(C)cc4O)cc3)cc2)c(O)c1. The third-order valence-corrected chi connectivity index (χ3v) is 5.06. The Bertz CT molecular complexity index is 1270. The van der Waals surface area contributed by atoms with Gasteiger partial charge >= 0.3 is 0 Å². The number of aromatic hydroxyl groups is 2. The van der Waals surface area contributed by atoms with Crippen LogP contribution in [0.4, 0.5) is 22.7 Å². The molecule has 0 atom stereocenters. The third kappa shape index (κ3) is 6.01. The van der Waals surface area contributed by atoms with Gasteiger partial charge in [-0.3, -0.25) is 9.98 Å². The third-order valence-electron chi connectivity index (χ3n) is 5.06. The van der Waals surface area contributed by atoms with Gasteiger partial charge < -0.3 is 10.2 Å². The lowest BCUT2D eigenvalue weighted by atomic mass is 10.1. The molecule has 0 aliphatic rings. The topological polar surface area (TPSA) is 89.9 Å². The van der Waals surface area contributed by atoms with Gasteiger partial charge in [-0.2, -0.15) is 10.2 Å². The molecule has 0 radical (unpaired) electrons. The predicted octanol–water partition coefficient (Wildman–Crippen LogP) is 7.63. The maximum absolute atomic E-state index is 9.97. The number of nitrogens with zero attached hydrogens (tertiary/aromatic N) is 4. The second-order valence-electron chi connectivity index (χ2n) is 7.87. The number of rotatable bonds is 6. The summed E-state index contributed by atoms with van der Waals surface area (Å²) in [5.74, 6) is 0.415. The van der Waals surface area contributed by atoms with Gasteiger partial charge in [0.05, 0.1) is 22.7 Å². The van der Waals surface area contributed by atoms with Gasteiger partial charge in [-0.25, -0.2) is 0 Å². The lowest BCUT2D eigenvalue weighted by molar-refractivity contribution is 0.473. The first-order valence-electron chi connectivity index (χ1n) is 10.8. The maximum Gasteiger partial charge on any atom is 0.124 e. The number of hydrogen-bond acceptors (Lipinski definition) is 6. The fourth-order valence-corrected chi connectivity index (χ4v) is 3.14. The minimum Gasteiger partial charge on any atom is -0.507 e. The van der Waals surface area contributed by atoms with E-state index >= 15 is 0 Å². The van der Waals surface area contributed by atoms with Crippen molar-refractivity contribution >= 4 is 35.2 Å². The fraction of sp³-hybridized carbons (Fsp3) is 0.0714. The highest BCUT2D eigenvalue weighted by Gasteiger charge is 2.00. The van der Waals surface area contributed by atoms with Crippen LogP contribution in [0.1, 0.15) is 22.3 Å². The van der Waals surface area contributed by atoms with Crippen LogP contribution in [0.3, 0.4) is 0 Å². The monoisotopic (exact) mass is 448 g/mol. The Kier molecular flexibility index (Phi) is 6.89. The Morgan fingerprint density at radius 1 is 0.500 bits per heavy atom. The van der Waals surface area contributed by atoms with Gasteiger partial charge in [0, 0.05) is 23.6 Å². The van der Waals surface area contributed by atoms with E-state index in [1.807, 2.05) is 86.6 Å². The molecule has 0 unspecified atom stereocenters. The number of phenols is 2. The highest BCUT2D eigenvalue weighted by atomic mass is 16.3. The van der Waals surface area contributed by atoms with Crippen molar-refractivity contribution in [3.05, 3.63) is 107 Å². The van der Waals surface area contributed by atoms with Gasteiger partial charge in [0.25, 0.3) is 0 Å². The summed E-state index contributed by atoms with van der Waals surface area (Å²) in [5, 5.41) is 28.5. The van der Waals surface area contributed by atoms with E-state index in [-0.39, 0.29) is 11.5 Å². The minimum atomic E-state index is 0.208. The van der Waals surface area contributed by atoms with Crippen LogP contribution in [0.25, 0.3) is 0 Å². The molecule has 0 aliphatic heterocycles. The summed E-state index contributed by atoms with van der Waals surface area (Å²) in [4.78, 5) is 8.80. The molecule has 0 saturated carbocycles. The Morgan fingerprint density at radius 2 is 0.853 bits per heavy atom. The number of azo groups is 1. The van der Waals surface area contributed by atoms with Gasteiger partial charge in [0.15, 0.2) is 0 Å². The van der Waals surface area contributed by atoms with Gasteiger partial charge in [0.2, 0.25) is 0 Å². The van der Waals surface area contributed by atoms with Crippen molar-refractivity contribution < 1.29 is 10.2 Å². The second-order valence-corrected chi connectivity index (χ2v) is 7.87. The zero-order chi connectivity index (χ0) is 23.9. The Hall–Kier alpha value is -4.58. The molecule has 6 heteroatoms. The van der Waals surface area contributed by atoms with Crippen LogP contribution in [-0.4, -0.2) is 22.6 Å². The molecule has 4 rings (SSSR count). The molecule has 168 valence electrons. The van der Waals surface area contributed by atoms with Gasteiger partial charge in [0.1, 0.15) is 11.5 Å². The first kappa shape index (κ1) is 22.6. The van der Waals surface area contributed by atoms with Crippen LogP contribution >= 0.6 is 0 Å². The van der Waals surface area contributed by atoms with Crippen LogP contribution < -0.4 is 0 Å². The molecule has 0 fully saturated rings. The quantitative estimate of drug-likeness (QED) is 0.234. The van der Waals surface area contributed by atoms with Gasteiger partial charge in [-0.05, 0) is 97.8 Å². The fourth-order valence-electron chi connectivity index (χ4n) is 3.14. The van der Waals surface area contributed by atoms with E-state index in [0.717, 1.165) is 22.5 Å². The molecule has 0 heterocycles. The molecule has 0 aliphatic carbocycles. The van der Waals surface area contributed by atoms with Crippen molar-refractivity contribution in [1.29, 1.82) is 0 Å². The molecule has 4 aromatic carbocycles. The zero-order valence-electron chi connectivity index (χ0n) is 18.9. The van der Waals surface area contributed by atoms with E-state index in [1.165, 1.54) is 0 Å². The lowest BCUT2D eigenvalue weighted by Crippen LogP contribution is -1.83. The molecule has 0 amide bonds. The Labute approximate surface area is 198 Å². The van der Waals surface area contributed by atoms with Crippen LogP contribution in [0.2, 0.25) is 0 Å². The number of phenolic OH excluding ortho intramolecular Hbond substituents is 2. The molecule has 0 spiro atoms. The van der Waals surface area contributed by atoms with Crippen LogP contribution in [-0.2, 0) is 0 Å². The van der Waals surface area contributed by atoms with Crippen LogP contribution in [0, 0.1) is 13.8 Å². The molecule has 4 aromatic rings. The summed E-state index contributed by atoms with van der Waals surface area (Å²) in [7, 11) is 0. The summed E-state index contributed by atoms with van der Waals surface area (Å²) in [6.07, 6.45) is 3.27. The van der Waals surface area contributed by atoms with Gasteiger partial charge in [-0.1, -0.05) is 12.1 Å². The molecule has 0 aromatic heterocycles. The van der Waals surface area contributed by atoms with Crippen LogP contribution in [0.5, 0.6) is 11.5 Å². The molecular weight excluding hydrogens is 424 g/mol. The van der Waals surface area contributed by atoms with E-state index < -0.39 is 0 Å². The first-order chi connectivity index (χ1) is 16.5. The van der Waals surface area contributed by atoms with E-state index in [0.29, 0.717) is 22.5 Å². The molecular formula is C28H24N4O2. The highest BCUT2D eigenvalue weighted by molar-refractivity contribution is 5.86. The normalized spacial score (nSPS) is 11.7. The summed E-state index contributed by atoms with van der Waals surface area (Å²) in [6.45, 7) is 3.85. The van der Waals surface area contributed by atoms with Crippen LogP contribution in [0.15, 0.2) is 105 Å². The zero-order valence-corrected chi connectivity index (χ0v) is 18.9. The average molecular weight is 449 g/mol. The van der Waals surface area contributed by atoms with Crippen molar-refractivity contribution in [2.75, 3.05) is 0 Å². The summed E-state index contributed by atoms with van der Waals surface area (Å²) in [6, 6.07) is 25.6. The van der Waals surface area contributed by atoms with E-state index in [1.54, 1.807) is 24.6 Å². The lowest BCUT2D eigenvalue weighted by Gasteiger charge is -2.00. The van der Waals surface area contributed by atoms with E-state index in [2.05, 4.69) is 20.2 Å². The first-order valence-corrected chi connectivity index (χ1v) is 10.8. The van der Waals surface area contributed by atoms with Crippen molar-refractivity contribution in [3.8, 4) is 11.5 Å². The van der Waals surface area contributed by atoms with Crippen molar-refractivity contribution in [2.45, 2.75) is 13.8 Å². The molecule has 2 N–H and O–H groups in total. The second kappa shape index (κ2) is 10.4. The molecule has 34 heavy (non-hydrogen) atoms. The number of benzene rings is 4. The average Bonchev–Trinajstić information content (AvgIpc) is 2.83. The van der Waals surface area contributed by atoms with E-state index in [4.69, 9.17) is 0 Å². The molecule has 0 bridgehead atoms. The highest BCUT2D eigenvalue weighted by Crippen LogP contribution is 2.25. The molecule has 0 saturated heterocycles. The van der Waals surface area contributed by atoms with Crippen molar-refractivity contribution in [1.82, 2.24) is 0 Å². The molecule has 6 nitrogen and oxygen atoms in total. The van der Waals surface area contributed by atoms with Crippen molar-refractivity contribution in [3.63, 3.8) is 0 Å². The number of hydrogen-bond donors (Lipinski definition) is 2. The summed E-state index contributed by atoms with van der Waals surface area (Å²) >= 11 is 0. The largest absolute Gasteiger partial charge is 0.507 e. The maximum atomic E-state index is 9.97. The minimum absolute atomic E-state index is 0.208. The number of aliphatic imine (C=N–C) groups is 2. The van der Waals surface area contributed by atoms with Gasteiger partial charge in [-0.15, -0.1) is 0 Å². The number of aryl methyl sites for hydroxylation is 2. The Morgan fingerprint density at radius 3 is 1.21 bits per heavy atom.